The molecule has 110 valence electrons. The highest BCUT2D eigenvalue weighted by atomic mass is 16.2. The molecule has 0 aromatic heterocycles. The van der Waals surface area contributed by atoms with E-state index in [2.05, 4.69) is 24.1 Å². The average Bonchev–Trinajstić information content (AvgIpc) is 2.64. The molecule has 3 heteroatoms. The second kappa shape index (κ2) is 7.28. The van der Waals surface area contributed by atoms with Gasteiger partial charge in [-0.05, 0) is 62.9 Å². The van der Waals surface area contributed by atoms with Crippen LogP contribution in [-0.2, 0) is 4.79 Å². The van der Waals surface area contributed by atoms with Crippen molar-refractivity contribution in [2.75, 3.05) is 26.2 Å². The molecular weight excluding hydrogens is 236 g/mol. The fraction of sp³-hybridized carbons (Fsp3) is 0.938. The summed E-state index contributed by atoms with van der Waals surface area (Å²) in [6.45, 7) is 8.82. The fourth-order valence-electron chi connectivity index (χ4n) is 3.50. The van der Waals surface area contributed by atoms with Crippen molar-refractivity contribution >= 4 is 5.91 Å². The van der Waals surface area contributed by atoms with Gasteiger partial charge < -0.3 is 10.2 Å². The summed E-state index contributed by atoms with van der Waals surface area (Å²) in [5.74, 6) is 2.49. The molecule has 0 aromatic carbocycles. The van der Waals surface area contributed by atoms with E-state index in [4.69, 9.17) is 0 Å². The maximum atomic E-state index is 12.4. The highest BCUT2D eigenvalue weighted by molar-refractivity contribution is 5.76. The van der Waals surface area contributed by atoms with Crippen molar-refractivity contribution < 1.29 is 4.79 Å². The zero-order valence-electron chi connectivity index (χ0n) is 12.7. The summed E-state index contributed by atoms with van der Waals surface area (Å²) in [5, 5.41) is 3.40. The van der Waals surface area contributed by atoms with Gasteiger partial charge >= 0.3 is 0 Å². The van der Waals surface area contributed by atoms with Crippen molar-refractivity contribution in [3.05, 3.63) is 0 Å². The van der Waals surface area contributed by atoms with Gasteiger partial charge in [0, 0.05) is 19.5 Å². The molecule has 0 aromatic rings. The molecule has 2 rings (SSSR count). The van der Waals surface area contributed by atoms with E-state index in [-0.39, 0.29) is 0 Å². The summed E-state index contributed by atoms with van der Waals surface area (Å²) >= 11 is 0. The molecule has 0 radical (unpaired) electrons. The Morgan fingerprint density at radius 1 is 1.21 bits per heavy atom. The monoisotopic (exact) mass is 266 g/mol. The molecule has 0 saturated carbocycles. The Balaban J connectivity index is 1.78. The lowest BCUT2D eigenvalue weighted by Crippen LogP contribution is -2.36. The summed E-state index contributed by atoms with van der Waals surface area (Å²) in [6.07, 6.45) is 6.91. The van der Waals surface area contributed by atoms with Crippen LogP contribution in [0.3, 0.4) is 0 Å². The minimum atomic E-state index is 0.403. The number of carbonyl (C=O) groups is 1. The van der Waals surface area contributed by atoms with Gasteiger partial charge in [-0.3, -0.25) is 4.79 Å². The molecule has 19 heavy (non-hydrogen) atoms. The van der Waals surface area contributed by atoms with Crippen molar-refractivity contribution in [1.82, 2.24) is 10.2 Å². The molecule has 2 unspecified atom stereocenters. The summed E-state index contributed by atoms with van der Waals surface area (Å²) in [7, 11) is 0. The third kappa shape index (κ3) is 4.48. The molecule has 2 saturated heterocycles. The molecule has 2 heterocycles. The fourth-order valence-corrected chi connectivity index (χ4v) is 3.50. The van der Waals surface area contributed by atoms with Crippen LogP contribution in [0.25, 0.3) is 0 Å². The minimum absolute atomic E-state index is 0.403. The smallest absolute Gasteiger partial charge is 0.222 e. The number of hydrogen-bond donors (Lipinski definition) is 1. The first kappa shape index (κ1) is 14.8. The standard InChI is InChI=1S/C16H30N2O/c1-13-4-3-10-18(11-7-13)16(19)12-14(2)15-5-8-17-9-6-15/h13-15,17H,3-12H2,1-2H3. The Morgan fingerprint density at radius 2 is 1.95 bits per heavy atom. The quantitative estimate of drug-likeness (QED) is 0.852. The minimum Gasteiger partial charge on any atom is -0.343 e. The van der Waals surface area contributed by atoms with E-state index in [9.17, 15) is 4.79 Å². The second-order valence-corrected chi connectivity index (χ2v) is 6.69. The van der Waals surface area contributed by atoms with Crippen molar-refractivity contribution in [3.8, 4) is 0 Å². The predicted octanol–water partition coefficient (Wildman–Crippen LogP) is 2.66. The predicted molar refractivity (Wildman–Crippen MR) is 79.0 cm³/mol. The molecule has 0 bridgehead atoms. The molecule has 3 nitrogen and oxygen atoms in total. The number of amides is 1. The Labute approximate surface area is 118 Å². The van der Waals surface area contributed by atoms with Crippen molar-refractivity contribution in [3.63, 3.8) is 0 Å². The molecule has 2 fully saturated rings. The first-order valence-corrected chi connectivity index (χ1v) is 8.15. The van der Waals surface area contributed by atoms with Gasteiger partial charge in [0.1, 0.15) is 0 Å². The summed E-state index contributed by atoms with van der Waals surface area (Å²) in [6, 6.07) is 0. The van der Waals surface area contributed by atoms with Gasteiger partial charge in [-0.25, -0.2) is 0 Å². The normalized spacial score (nSPS) is 27.9. The van der Waals surface area contributed by atoms with E-state index in [1.807, 2.05) is 0 Å². The van der Waals surface area contributed by atoms with E-state index in [0.29, 0.717) is 11.8 Å². The van der Waals surface area contributed by atoms with Crippen LogP contribution in [0.15, 0.2) is 0 Å². The van der Waals surface area contributed by atoms with Crippen LogP contribution in [0.1, 0.15) is 52.4 Å². The number of likely N-dealkylation sites (tertiary alicyclic amines) is 1. The molecule has 2 aliphatic heterocycles. The van der Waals surface area contributed by atoms with Crippen LogP contribution >= 0.6 is 0 Å². The maximum absolute atomic E-state index is 12.4. The molecule has 1 N–H and O–H groups in total. The Kier molecular flexibility index (Phi) is 5.68. The summed E-state index contributed by atoms with van der Waals surface area (Å²) < 4.78 is 0. The largest absolute Gasteiger partial charge is 0.343 e. The number of carbonyl (C=O) groups excluding carboxylic acids is 1. The molecular formula is C16H30N2O. The van der Waals surface area contributed by atoms with Gasteiger partial charge in [0.15, 0.2) is 0 Å². The van der Waals surface area contributed by atoms with Gasteiger partial charge in [-0.1, -0.05) is 13.8 Å². The molecule has 0 spiro atoms. The highest BCUT2D eigenvalue weighted by Gasteiger charge is 2.25. The van der Waals surface area contributed by atoms with Crippen molar-refractivity contribution in [2.24, 2.45) is 17.8 Å². The first-order chi connectivity index (χ1) is 9.16. The van der Waals surface area contributed by atoms with Gasteiger partial charge in [0.25, 0.3) is 0 Å². The zero-order chi connectivity index (χ0) is 13.7. The SMILES string of the molecule is CC1CCCN(C(=O)CC(C)C2CCNCC2)CC1. The Hall–Kier alpha value is -0.570. The van der Waals surface area contributed by atoms with Gasteiger partial charge in [-0.15, -0.1) is 0 Å². The number of nitrogens with zero attached hydrogens (tertiary/aromatic N) is 1. The number of hydrogen-bond acceptors (Lipinski definition) is 2. The molecule has 2 atom stereocenters. The van der Waals surface area contributed by atoms with Crippen LogP contribution in [0, 0.1) is 17.8 Å². The van der Waals surface area contributed by atoms with Crippen LogP contribution in [-0.4, -0.2) is 37.0 Å². The second-order valence-electron chi connectivity index (χ2n) is 6.69. The van der Waals surface area contributed by atoms with Gasteiger partial charge in [-0.2, -0.15) is 0 Å². The number of rotatable bonds is 3. The highest BCUT2D eigenvalue weighted by Crippen LogP contribution is 2.25. The summed E-state index contributed by atoms with van der Waals surface area (Å²) in [4.78, 5) is 14.5. The van der Waals surface area contributed by atoms with E-state index in [1.54, 1.807) is 0 Å². The van der Waals surface area contributed by atoms with Crippen LogP contribution in [0.2, 0.25) is 0 Å². The van der Waals surface area contributed by atoms with Gasteiger partial charge in [0.2, 0.25) is 5.91 Å². The van der Waals surface area contributed by atoms with Crippen LogP contribution in [0.4, 0.5) is 0 Å². The van der Waals surface area contributed by atoms with E-state index < -0.39 is 0 Å². The molecule has 1 amide bonds. The topological polar surface area (TPSA) is 32.3 Å². The van der Waals surface area contributed by atoms with Crippen LogP contribution < -0.4 is 5.32 Å². The zero-order valence-corrected chi connectivity index (χ0v) is 12.7. The lowest BCUT2D eigenvalue weighted by atomic mass is 9.84. The van der Waals surface area contributed by atoms with Crippen molar-refractivity contribution in [1.29, 1.82) is 0 Å². The maximum Gasteiger partial charge on any atom is 0.222 e. The lowest BCUT2D eigenvalue weighted by molar-refractivity contribution is -0.132. The van der Waals surface area contributed by atoms with E-state index >= 15 is 0 Å². The van der Waals surface area contributed by atoms with Gasteiger partial charge in [0.05, 0.1) is 0 Å². The first-order valence-electron chi connectivity index (χ1n) is 8.15. The number of piperidine rings is 1. The Morgan fingerprint density at radius 3 is 2.68 bits per heavy atom. The third-order valence-electron chi connectivity index (χ3n) is 5.05. The third-order valence-corrected chi connectivity index (χ3v) is 5.05. The molecule has 2 aliphatic rings. The van der Waals surface area contributed by atoms with Crippen molar-refractivity contribution in [2.45, 2.75) is 52.4 Å². The number of nitrogens with one attached hydrogen (secondary N) is 1. The molecule has 0 aliphatic carbocycles. The van der Waals surface area contributed by atoms with Crippen LogP contribution in [0.5, 0.6) is 0 Å². The Bertz CT molecular complexity index is 286. The summed E-state index contributed by atoms with van der Waals surface area (Å²) in [5.41, 5.74) is 0. The lowest BCUT2D eigenvalue weighted by Gasteiger charge is -2.29. The van der Waals surface area contributed by atoms with E-state index in [1.165, 1.54) is 32.1 Å². The van der Waals surface area contributed by atoms with E-state index in [0.717, 1.165) is 44.4 Å². The average molecular weight is 266 g/mol.